The number of anilines is 1. The van der Waals surface area contributed by atoms with Crippen molar-refractivity contribution in [1.82, 2.24) is 4.90 Å². The van der Waals surface area contributed by atoms with Gasteiger partial charge in [0.2, 0.25) is 0 Å². The molecule has 1 fully saturated rings. The molecule has 0 aliphatic carbocycles. The molecule has 1 amide bonds. The minimum Gasteiger partial charge on any atom is -0.387 e. The first-order valence-electron chi connectivity index (χ1n) is 7.14. The van der Waals surface area contributed by atoms with Crippen LogP contribution in [0.4, 0.5) is 5.69 Å². The molecule has 110 valence electrons. The van der Waals surface area contributed by atoms with Crippen LogP contribution in [0.3, 0.4) is 0 Å². The van der Waals surface area contributed by atoms with Gasteiger partial charge in [0, 0.05) is 36.3 Å². The maximum absolute atomic E-state index is 12.7. The van der Waals surface area contributed by atoms with Gasteiger partial charge in [-0.05, 0) is 31.0 Å². The van der Waals surface area contributed by atoms with E-state index in [-0.39, 0.29) is 10.7 Å². The van der Waals surface area contributed by atoms with Crippen molar-refractivity contribution in [3.8, 4) is 0 Å². The van der Waals surface area contributed by atoms with E-state index in [2.05, 4.69) is 19.2 Å². The lowest BCUT2D eigenvalue weighted by molar-refractivity contribution is 0.0765. The van der Waals surface area contributed by atoms with E-state index in [0.29, 0.717) is 0 Å². The number of benzene rings is 1. The van der Waals surface area contributed by atoms with Crippen LogP contribution in [0, 0.1) is 6.92 Å². The van der Waals surface area contributed by atoms with Gasteiger partial charge in [-0.1, -0.05) is 19.9 Å². The lowest BCUT2D eigenvalue weighted by Gasteiger charge is -2.23. The Morgan fingerprint density at radius 2 is 2.10 bits per heavy atom. The third kappa shape index (κ3) is 3.48. The summed E-state index contributed by atoms with van der Waals surface area (Å²) in [6.07, 6.45) is 1.05. The quantitative estimate of drug-likeness (QED) is 0.907. The van der Waals surface area contributed by atoms with E-state index in [0.717, 1.165) is 36.5 Å². The lowest BCUT2D eigenvalue weighted by atomic mass is 10.1. The highest BCUT2D eigenvalue weighted by Crippen LogP contribution is 2.31. The fraction of sp³-hybridized carbons (Fsp3) is 0.562. The Bertz CT molecular complexity index is 499. The topological polar surface area (TPSA) is 32.3 Å². The number of thioether (sulfide) groups is 1. The molecule has 1 N–H and O–H groups in total. The van der Waals surface area contributed by atoms with Gasteiger partial charge in [0.05, 0.1) is 5.56 Å². The summed E-state index contributed by atoms with van der Waals surface area (Å²) in [7, 11) is 1.87. The van der Waals surface area contributed by atoms with Crippen LogP contribution in [0.5, 0.6) is 0 Å². The third-order valence-corrected chi connectivity index (χ3v) is 5.17. The van der Waals surface area contributed by atoms with Gasteiger partial charge in [0.1, 0.15) is 0 Å². The predicted octanol–water partition coefficient (Wildman–Crippen LogP) is 3.39. The predicted molar refractivity (Wildman–Crippen MR) is 87.8 cm³/mol. The molecule has 1 heterocycles. The SMILES string of the molecule is CNc1cc(C)ccc1C(=O)N1CCSC(C)(C)CC1. The van der Waals surface area contributed by atoms with Crippen molar-refractivity contribution >= 4 is 23.4 Å². The Morgan fingerprint density at radius 1 is 1.35 bits per heavy atom. The summed E-state index contributed by atoms with van der Waals surface area (Å²) < 4.78 is 0.272. The number of carbonyl (C=O) groups is 1. The largest absolute Gasteiger partial charge is 0.387 e. The summed E-state index contributed by atoms with van der Waals surface area (Å²) in [5.74, 6) is 1.16. The van der Waals surface area contributed by atoms with E-state index in [1.807, 2.05) is 48.8 Å². The maximum Gasteiger partial charge on any atom is 0.255 e. The van der Waals surface area contributed by atoms with E-state index >= 15 is 0 Å². The molecular formula is C16H24N2OS. The number of nitrogens with one attached hydrogen (secondary N) is 1. The molecule has 1 aliphatic heterocycles. The van der Waals surface area contributed by atoms with Crippen molar-refractivity contribution in [3.63, 3.8) is 0 Å². The van der Waals surface area contributed by atoms with Gasteiger partial charge in [0.25, 0.3) is 5.91 Å². The molecule has 1 aromatic rings. The number of carbonyl (C=O) groups excluding carboxylic acids is 1. The van der Waals surface area contributed by atoms with Crippen LogP contribution in [0.2, 0.25) is 0 Å². The second-order valence-corrected chi connectivity index (χ2v) is 7.75. The Labute approximate surface area is 126 Å². The van der Waals surface area contributed by atoms with Gasteiger partial charge < -0.3 is 10.2 Å². The highest BCUT2D eigenvalue weighted by molar-refractivity contribution is 8.00. The smallest absolute Gasteiger partial charge is 0.255 e. The number of aryl methyl sites for hydroxylation is 1. The van der Waals surface area contributed by atoms with E-state index in [1.165, 1.54) is 5.56 Å². The van der Waals surface area contributed by atoms with Crippen molar-refractivity contribution in [2.75, 3.05) is 31.2 Å². The fourth-order valence-corrected chi connectivity index (χ4v) is 3.55. The standard InChI is InChI=1S/C16H24N2OS/c1-12-5-6-13(14(11-12)17-4)15(19)18-8-7-16(2,3)20-10-9-18/h5-6,11,17H,7-10H2,1-4H3. The molecule has 0 aromatic heterocycles. The van der Waals surface area contributed by atoms with Crippen LogP contribution in [0.25, 0.3) is 0 Å². The zero-order chi connectivity index (χ0) is 14.8. The van der Waals surface area contributed by atoms with Crippen molar-refractivity contribution in [1.29, 1.82) is 0 Å². The van der Waals surface area contributed by atoms with Crippen LogP contribution < -0.4 is 5.32 Å². The van der Waals surface area contributed by atoms with Crippen molar-refractivity contribution in [2.24, 2.45) is 0 Å². The number of hydrogen-bond donors (Lipinski definition) is 1. The van der Waals surface area contributed by atoms with Gasteiger partial charge >= 0.3 is 0 Å². The second kappa shape index (κ2) is 6.08. The van der Waals surface area contributed by atoms with Gasteiger partial charge in [-0.25, -0.2) is 0 Å². The molecule has 1 aliphatic rings. The monoisotopic (exact) mass is 292 g/mol. The molecule has 0 bridgehead atoms. The zero-order valence-electron chi connectivity index (χ0n) is 12.8. The summed E-state index contributed by atoms with van der Waals surface area (Å²) in [6.45, 7) is 8.24. The number of rotatable bonds is 2. The first-order valence-corrected chi connectivity index (χ1v) is 8.13. The van der Waals surface area contributed by atoms with E-state index in [9.17, 15) is 4.79 Å². The first-order chi connectivity index (χ1) is 9.43. The molecule has 20 heavy (non-hydrogen) atoms. The summed E-state index contributed by atoms with van der Waals surface area (Å²) in [6, 6.07) is 5.97. The van der Waals surface area contributed by atoms with Crippen molar-refractivity contribution in [2.45, 2.75) is 31.9 Å². The Morgan fingerprint density at radius 3 is 2.80 bits per heavy atom. The molecule has 1 saturated heterocycles. The zero-order valence-corrected chi connectivity index (χ0v) is 13.6. The third-order valence-electron chi connectivity index (χ3n) is 3.80. The number of hydrogen-bond acceptors (Lipinski definition) is 3. The molecule has 1 aromatic carbocycles. The minimum absolute atomic E-state index is 0.146. The van der Waals surface area contributed by atoms with Gasteiger partial charge in [-0.3, -0.25) is 4.79 Å². The Kier molecular flexibility index (Phi) is 4.63. The van der Waals surface area contributed by atoms with Gasteiger partial charge in [-0.15, -0.1) is 0 Å². The van der Waals surface area contributed by atoms with Gasteiger partial charge in [-0.2, -0.15) is 11.8 Å². The number of amides is 1. The first kappa shape index (κ1) is 15.2. The molecule has 3 nitrogen and oxygen atoms in total. The van der Waals surface area contributed by atoms with Crippen LogP contribution in [-0.2, 0) is 0 Å². The van der Waals surface area contributed by atoms with E-state index in [1.54, 1.807) is 0 Å². The highest BCUT2D eigenvalue weighted by atomic mass is 32.2. The summed E-state index contributed by atoms with van der Waals surface area (Å²) >= 11 is 1.96. The molecule has 2 rings (SSSR count). The Hall–Kier alpha value is -1.16. The number of nitrogens with zero attached hydrogens (tertiary/aromatic N) is 1. The highest BCUT2D eigenvalue weighted by Gasteiger charge is 2.27. The molecule has 0 unspecified atom stereocenters. The lowest BCUT2D eigenvalue weighted by Crippen LogP contribution is -2.34. The second-order valence-electron chi connectivity index (χ2n) is 5.95. The van der Waals surface area contributed by atoms with Crippen LogP contribution >= 0.6 is 11.8 Å². The van der Waals surface area contributed by atoms with Crippen LogP contribution in [0.1, 0.15) is 36.2 Å². The molecule has 0 saturated carbocycles. The maximum atomic E-state index is 12.7. The van der Waals surface area contributed by atoms with E-state index < -0.39 is 0 Å². The summed E-state index contributed by atoms with van der Waals surface area (Å²) in [5.41, 5.74) is 2.87. The Balaban J connectivity index is 2.19. The average molecular weight is 292 g/mol. The summed E-state index contributed by atoms with van der Waals surface area (Å²) in [4.78, 5) is 14.7. The van der Waals surface area contributed by atoms with Crippen LogP contribution in [0.15, 0.2) is 18.2 Å². The summed E-state index contributed by atoms with van der Waals surface area (Å²) in [5, 5.41) is 3.14. The molecule has 0 atom stereocenters. The van der Waals surface area contributed by atoms with Crippen LogP contribution in [-0.4, -0.2) is 41.4 Å². The van der Waals surface area contributed by atoms with Crippen molar-refractivity contribution in [3.05, 3.63) is 29.3 Å². The van der Waals surface area contributed by atoms with E-state index in [4.69, 9.17) is 0 Å². The normalized spacial score (nSPS) is 18.5. The fourth-order valence-electron chi connectivity index (χ4n) is 2.45. The molecular weight excluding hydrogens is 268 g/mol. The van der Waals surface area contributed by atoms with Crippen molar-refractivity contribution < 1.29 is 4.79 Å². The minimum atomic E-state index is 0.146. The molecule has 0 spiro atoms. The molecule has 4 heteroatoms. The molecule has 0 radical (unpaired) electrons. The average Bonchev–Trinajstić information content (AvgIpc) is 2.59. The van der Waals surface area contributed by atoms with Gasteiger partial charge in [0.15, 0.2) is 0 Å².